The second kappa shape index (κ2) is 8.20. The second-order valence-electron chi connectivity index (χ2n) is 6.75. The SMILES string of the molecule is CN(CC(=O)NCC1(O)CCN(c2ncccn2)C1)Cc1cccnc1. The summed E-state index contributed by atoms with van der Waals surface area (Å²) in [5.41, 5.74) is 0.0901. The van der Waals surface area contributed by atoms with Crippen LogP contribution in [0.15, 0.2) is 43.0 Å². The quantitative estimate of drug-likeness (QED) is 0.724. The summed E-state index contributed by atoms with van der Waals surface area (Å²) < 4.78 is 0. The van der Waals surface area contributed by atoms with Gasteiger partial charge in [0.05, 0.1) is 13.1 Å². The van der Waals surface area contributed by atoms with E-state index in [-0.39, 0.29) is 19.0 Å². The summed E-state index contributed by atoms with van der Waals surface area (Å²) in [6.45, 7) is 2.19. The smallest absolute Gasteiger partial charge is 0.234 e. The summed E-state index contributed by atoms with van der Waals surface area (Å²) in [6, 6.07) is 5.61. The number of nitrogens with one attached hydrogen (secondary N) is 1. The molecule has 0 aliphatic carbocycles. The Balaban J connectivity index is 1.44. The van der Waals surface area contributed by atoms with E-state index in [0.717, 1.165) is 5.56 Å². The van der Waals surface area contributed by atoms with Crippen LogP contribution >= 0.6 is 0 Å². The first-order chi connectivity index (χ1) is 12.5. The van der Waals surface area contributed by atoms with Crippen LogP contribution in [0, 0.1) is 0 Å². The molecule has 26 heavy (non-hydrogen) atoms. The van der Waals surface area contributed by atoms with Gasteiger partial charge in [-0.15, -0.1) is 0 Å². The van der Waals surface area contributed by atoms with Gasteiger partial charge in [-0.25, -0.2) is 9.97 Å². The van der Waals surface area contributed by atoms with Gasteiger partial charge in [0.25, 0.3) is 0 Å². The van der Waals surface area contributed by atoms with Gasteiger partial charge in [-0.3, -0.25) is 14.7 Å². The Labute approximate surface area is 152 Å². The number of aliphatic hydroxyl groups is 1. The lowest BCUT2D eigenvalue weighted by molar-refractivity contribution is -0.123. The van der Waals surface area contributed by atoms with Crippen molar-refractivity contribution in [3.05, 3.63) is 48.5 Å². The number of anilines is 1. The van der Waals surface area contributed by atoms with E-state index in [1.807, 2.05) is 29.0 Å². The molecule has 1 amide bonds. The first-order valence-electron chi connectivity index (χ1n) is 8.63. The van der Waals surface area contributed by atoms with Crippen molar-refractivity contribution in [1.29, 1.82) is 0 Å². The molecule has 138 valence electrons. The van der Waals surface area contributed by atoms with Crippen molar-refractivity contribution < 1.29 is 9.90 Å². The molecule has 1 saturated heterocycles. The molecular formula is C18H24N6O2. The number of hydrogen-bond acceptors (Lipinski definition) is 7. The molecule has 3 heterocycles. The molecule has 0 saturated carbocycles. The molecule has 1 aliphatic rings. The molecule has 1 atom stereocenters. The number of hydrogen-bond donors (Lipinski definition) is 2. The fraction of sp³-hybridized carbons (Fsp3) is 0.444. The highest BCUT2D eigenvalue weighted by molar-refractivity contribution is 5.78. The lowest BCUT2D eigenvalue weighted by atomic mass is 10.0. The van der Waals surface area contributed by atoms with E-state index in [9.17, 15) is 9.90 Å². The van der Waals surface area contributed by atoms with Crippen LogP contribution in [-0.4, -0.2) is 69.7 Å². The molecular weight excluding hydrogens is 332 g/mol. The Morgan fingerprint density at radius 3 is 2.88 bits per heavy atom. The van der Waals surface area contributed by atoms with Gasteiger partial charge in [0.15, 0.2) is 0 Å². The van der Waals surface area contributed by atoms with Gasteiger partial charge in [-0.2, -0.15) is 0 Å². The minimum absolute atomic E-state index is 0.112. The van der Waals surface area contributed by atoms with Crippen molar-refractivity contribution in [3.8, 4) is 0 Å². The molecule has 1 fully saturated rings. The standard InChI is InChI=1S/C18H24N6O2/c1-23(11-15-4-2-6-19-10-15)12-16(25)22-13-18(26)5-9-24(14-18)17-20-7-3-8-21-17/h2-4,6-8,10,26H,5,9,11-14H2,1H3,(H,22,25). The predicted octanol–water partition coefficient (Wildman–Crippen LogP) is 0.0610. The van der Waals surface area contributed by atoms with Gasteiger partial charge in [0.2, 0.25) is 11.9 Å². The maximum absolute atomic E-state index is 12.2. The third kappa shape index (κ3) is 4.96. The van der Waals surface area contributed by atoms with Crippen molar-refractivity contribution >= 4 is 11.9 Å². The summed E-state index contributed by atoms with van der Waals surface area (Å²) in [5.74, 6) is 0.491. The van der Waals surface area contributed by atoms with Crippen molar-refractivity contribution in [2.45, 2.75) is 18.6 Å². The molecule has 0 spiro atoms. The van der Waals surface area contributed by atoms with Gasteiger partial charge in [0, 0.05) is 44.4 Å². The van der Waals surface area contributed by atoms with Crippen LogP contribution in [0.1, 0.15) is 12.0 Å². The average Bonchev–Trinajstić information content (AvgIpc) is 3.04. The van der Waals surface area contributed by atoms with Crippen LogP contribution in [0.2, 0.25) is 0 Å². The molecule has 0 radical (unpaired) electrons. The van der Waals surface area contributed by atoms with Crippen LogP contribution in [0.25, 0.3) is 0 Å². The zero-order chi connectivity index (χ0) is 18.4. The van der Waals surface area contributed by atoms with E-state index in [1.54, 1.807) is 30.9 Å². The highest BCUT2D eigenvalue weighted by Gasteiger charge is 2.37. The summed E-state index contributed by atoms with van der Waals surface area (Å²) >= 11 is 0. The van der Waals surface area contributed by atoms with E-state index in [4.69, 9.17) is 0 Å². The molecule has 3 rings (SSSR count). The number of β-amino-alcohol motifs (C(OH)–C–C–N with tert-alkyl or cyclic N) is 1. The highest BCUT2D eigenvalue weighted by atomic mass is 16.3. The first-order valence-corrected chi connectivity index (χ1v) is 8.63. The molecule has 0 bridgehead atoms. The maximum atomic E-state index is 12.2. The van der Waals surface area contributed by atoms with Gasteiger partial charge < -0.3 is 15.3 Å². The largest absolute Gasteiger partial charge is 0.386 e. The Morgan fingerprint density at radius 1 is 1.35 bits per heavy atom. The minimum atomic E-state index is -0.962. The first kappa shape index (κ1) is 18.2. The van der Waals surface area contributed by atoms with Crippen LogP contribution < -0.4 is 10.2 Å². The highest BCUT2D eigenvalue weighted by Crippen LogP contribution is 2.23. The normalized spacial score (nSPS) is 19.7. The Kier molecular flexibility index (Phi) is 5.75. The van der Waals surface area contributed by atoms with Crippen LogP contribution in [-0.2, 0) is 11.3 Å². The second-order valence-corrected chi connectivity index (χ2v) is 6.75. The number of carbonyl (C=O) groups is 1. The average molecular weight is 356 g/mol. The zero-order valence-corrected chi connectivity index (χ0v) is 14.9. The zero-order valence-electron chi connectivity index (χ0n) is 14.9. The lowest BCUT2D eigenvalue weighted by Crippen LogP contribution is -2.47. The lowest BCUT2D eigenvalue weighted by Gasteiger charge is -2.24. The summed E-state index contributed by atoms with van der Waals surface area (Å²) in [5, 5.41) is 13.5. The number of amides is 1. The topological polar surface area (TPSA) is 94.5 Å². The van der Waals surface area contributed by atoms with Crippen molar-refractivity contribution in [2.24, 2.45) is 0 Å². The Bertz CT molecular complexity index is 714. The van der Waals surface area contributed by atoms with Gasteiger partial charge in [0.1, 0.15) is 5.60 Å². The number of rotatable bonds is 7. The number of aromatic nitrogens is 3. The maximum Gasteiger partial charge on any atom is 0.234 e. The molecule has 2 aromatic heterocycles. The summed E-state index contributed by atoms with van der Waals surface area (Å²) in [6.07, 6.45) is 7.44. The molecule has 0 aromatic carbocycles. The van der Waals surface area contributed by atoms with E-state index < -0.39 is 5.60 Å². The number of likely N-dealkylation sites (N-methyl/N-ethyl adjacent to an activating group) is 1. The molecule has 2 N–H and O–H groups in total. The fourth-order valence-electron chi connectivity index (χ4n) is 3.05. The molecule has 1 aliphatic heterocycles. The Hall–Kier alpha value is -2.58. The van der Waals surface area contributed by atoms with E-state index >= 15 is 0 Å². The molecule has 8 nitrogen and oxygen atoms in total. The summed E-state index contributed by atoms with van der Waals surface area (Å²) in [4.78, 5) is 28.5. The number of carbonyl (C=O) groups excluding carboxylic acids is 1. The third-order valence-electron chi connectivity index (χ3n) is 4.37. The van der Waals surface area contributed by atoms with Gasteiger partial charge in [-0.05, 0) is 31.2 Å². The number of nitrogens with zero attached hydrogens (tertiary/aromatic N) is 5. The molecule has 8 heteroatoms. The fourth-order valence-corrected chi connectivity index (χ4v) is 3.05. The van der Waals surface area contributed by atoms with Crippen molar-refractivity contribution in [2.75, 3.05) is 38.1 Å². The monoisotopic (exact) mass is 356 g/mol. The van der Waals surface area contributed by atoms with E-state index in [0.29, 0.717) is 32.0 Å². The minimum Gasteiger partial charge on any atom is -0.386 e. The van der Waals surface area contributed by atoms with E-state index in [1.165, 1.54) is 0 Å². The summed E-state index contributed by atoms with van der Waals surface area (Å²) in [7, 11) is 1.88. The third-order valence-corrected chi connectivity index (χ3v) is 4.37. The van der Waals surface area contributed by atoms with Crippen LogP contribution in [0.4, 0.5) is 5.95 Å². The van der Waals surface area contributed by atoms with Crippen LogP contribution in [0.5, 0.6) is 0 Å². The van der Waals surface area contributed by atoms with E-state index in [2.05, 4.69) is 20.3 Å². The van der Waals surface area contributed by atoms with Crippen molar-refractivity contribution in [1.82, 2.24) is 25.2 Å². The van der Waals surface area contributed by atoms with Gasteiger partial charge in [-0.1, -0.05) is 6.07 Å². The van der Waals surface area contributed by atoms with Crippen molar-refractivity contribution in [3.63, 3.8) is 0 Å². The molecule has 2 aromatic rings. The van der Waals surface area contributed by atoms with Crippen LogP contribution in [0.3, 0.4) is 0 Å². The Morgan fingerprint density at radius 2 is 2.15 bits per heavy atom. The predicted molar refractivity (Wildman–Crippen MR) is 97.4 cm³/mol. The van der Waals surface area contributed by atoms with Gasteiger partial charge >= 0.3 is 0 Å². The molecule has 1 unspecified atom stereocenters. The number of pyridine rings is 1.